The zero-order valence-corrected chi connectivity index (χ0v) is 11.4. The Hall–Kier alpha value is -1.95. The summed E-state index contributed by atoms with van der Waals surface area (Å²) in [7, 11) is 1.25. The van der Waals surface area contributed by atoms with Crippen molar-refractivity contribution in [1.29, 1.82) is 0 Å². The average Bonchev–Trinajstić information content (AvgIpc) is 2.38. The molecule has 0 saturated heterocycles. The van der Waals surface area contributed by atoms with Crippen molar-refractivity contribution in [3.8, 4) is 0 Å². The first-order chi connectivity index (χ1) is 9.02. The second kappa shape index (κ2) is 7.48. The van der Waals surface area contributed by atoms with Crippen LogP contribution in [0.4, 0.5) is 15.3 Å². The summed E-state index contributed by atoms with van der Waals surface area (Å²) in [4.78, 5) is 22.4. The molecule has 0 aliphatic carbocycles. The minimum absolute atomic E-state index is 0.155. The maximum atomic E-state index is 11.6. The number of anilines is 1. The van der Waals surface area contributed by atoms with E-state index in [2.05, 4.69) is 15.4 Å². The minimum Gasteiger partial charge on any atom is -0.453 e. The van der Waals surface area contributed by atoms with E-state index in [1.54, 1.807) is 31.2 Å². The fourth-order valence-corrected chi connectivity index (χ4v) is 1.41. The molecule has 1 aromatic carbocycles. The Bertz CT molecular complexity index is 453. The van der Waals surface area contributed by atoms with Crippen molar-refractivity contribution in [2.24, 2.45) is 0 Å². The predicted molar refractivity (Wildman–Crippen MR) is 71.4 cm³/mol. The number of para-hydroxylation sites is 1. The lowest BCUT2D eigenvalue weighted by Gasteiger charge is -2.14. The zero-order valence-electron chi connectivity index (χ0n) is 10.6. The maximum absolute atomic E-state index is 11.6. The third-order valence-electron chi connectivity index (χ3n) is 2.14. The van der Waals surface area contributed by atoms with Gasteiger partial charge in [-0.05, 0) is 19.1 Å². The summed E-state index contributed by atoms with van der Waals surface area (Å²) in [5, 5.41) is 5.34. The van der Waals surface area contributed by atoms with Crippen LogP contribution >= 0.6 is 11.6 Å². The largest absolute Gasteiger partial charge is 0.453 e. The van der Waals surface area contributed by atoms with Gasteiger partial charge in [0, 0.05) is 0 Å². The third kappa shape index (κ3) is 5.48. The maximum Gasteiger partial charge on any atom is 0.411 e. The molecule has 0 unspecified atom stereocenters. The Labute approximate surface area is 116 Å². The van der Waals surface area contributed by atoms with E-state index in [0.717, 1.165) is 0 Å². The van der Waals surface area contributed by atoms with Crippen molar-refractivity contribution in [2.45, 2.75) is 13.0 Å². The predicted octanol–water partition coefficient (Wildman–Crippen LogP) is 2.63. The van der Waals surface area contributed by atoms with Gasteiger partial charge in [-0.2, -0.15) is 0 Å². The van der Waals surface area contributed by atoms with Gasteiger partial charge < -0.3 is 14.8 Å². The SMILES string of the molecule is COC(=O)NC[C@H](C)OC(=O)Nc1ccccc1Cl. The molecule has 0 aliphatic heterocycles. The summed E-state index contributed by atoms with van der Waals surface area (Å²) in [5.74, 6) is 0. The monoisotopic (exact) mass is 286 g/mol. The molecule has 0 heterocycles. The lowest BCUT2D eigenvalue weighted by molar-refractivity contribution is 0.115. The molecule has 0 aromatic heterocycles. The molecular formula is C12H15ClN2O4. The number of benzene rings is 1. The molecule has 7 heteroatoms. The van der Waals surface area contributed by atoms with Crippen LogP contribution in [0.3, 0.4) is 0 Å². The smallest absolute Gasteiger partial charge is 0.411 e. The molecule has 0 radical (unpaired) electrons. The van der Waals surface area contributed by atoms with Crippen molar-refractivity contribution >= 4 is 29.5 Å². The molecule has 104 valence electrons. The fourth-order valence-electron chi connectivity index (χ4n) is 1.23. The standard InChI is InChI=1S/C12H15ClN2O4/c1-8(7-14-11(16)18-2)19-12(17)15-10-6-4-3-5-9(10)13/h3-6,8H,7H2,1-2H3,(H,14,16)(H,15,17)/t8-/m0/s1. The van der Waals surface area contributed by atoms with E-state index in [1.807, 2.05) is 0 Å². The number of methoxy groups -OCH3 is 1. The Kier molecular flexibility index (Phi) is 5.95. The number of amides is 2. The van der Waals surface area contributed by atoms with Gasteiger partial charge in [0.1, 0.15) is 6.10 Å². The first-order valence-electron chi connectivity index (χ1n) is 5.57. The van der Waals surface area contributed by atoms with Crippen LogP contribution in [0.5, 0.6) is 0 Å². The first kappa shape index (κ1) is 15.1. The highest BCUT2D eigenvalue weighted by Gasteiger charge is 2.12. The molecule has 0 fully saturated rings. The highest BCUT2D eigenvalue weighted by atomic mass is 35.5. The number of halogens is 1. The topological polar surface area (TPSA) is 76.7 Å². The van der Waals surface area contributed by atoms with Crippen LogP contribution in [0.2, 0.25) is 5.02 Å². The van der Waals surface area contributed by atoms with Gasteiger partial charge >= 0.3 is 12.2 Å². The fraction of sp³-hybridized carbons (Fsp3) is 0.333. The molecule has 1 rings (SSSR count). The highest BCUT2D eigenvalue weighted by molar-refractivity contribution is 6.33. The van der Waals surface area contributed by atoms with Crippen LogP contribution in [0.15, 0.2) is 24.3 Å². The second-order valence-electron chi connectivity index (χ2n) is 3.69. The number of nitrogens with one attached hydrogen (secondary N) is 2. The van der Waals surface area contributed by atoms with Gasteiger partial charge in [0.25, 0.3) is 0 Å². The number of rotatable bonds is 4. The Morgan fingerprint density at radius 1 is 1.32 bits per heavy atom. The molecule has 0 saturated carbocycles. The molecule has 2 amide bonds. The number of carbonyl (C=O) groups is 2. The molecule has 1 aromatic rings. The van der Waals surface area contributed by atoms with Gasteiger partial charge in [-0.3, -0.25) is 5.32 Å². The third-order valence-corrected chi connectivity index (χ3v) is 2.47. The molecule has 19 heavy (non-hydrogen) atoms. The lowest BCUT2D eigenvalue weighted by Crippen LogP contribution is -2.34. The van der Waals surface area contributed by atoms with E-state index in [1.165, 1.54) is 7.11 Å². The normalized spacial score (nSPS) is 11.3. The number of hydrogen-bond acceptors (Lipinski definition) is 4. The summed E-state index contributed by atoms with van der Waals surface area (Å²) in [6.45, 7) is 1.80. The highest BCUT2D eigenvalue weighted by Crippen LogP contribution is 2.20. The Balaban J connectivity index is 2.39. The van der Waals surface area contributed by atoms with E-state index < -0.39 is 18.3 Å². The van der Waals surface area contributed by atoms with Crippen molar-refractivity contribution in [3.05, 3.63) is 29.3 Å². The minimum atomic E-state index is -0.646. The van der Waals surface area contributed by atoms with Crippen LogP contribution in [0, 0.1) is 0 Å². The molecule has 1 atom stereocenters. The van der Waals surface area contributed by atoms with Gasteiger partial charge in [0.2, 0.25) is 0 Å². The van der Waals surface area contributed by atoms with E-state index in [4.69, 9.17) is 16.3 Å². The van der Waals surface area contributed by atoms with Gasteiger partial charge in [-0.25, -0.2) is 9.59 Å². The molecule has 6 nitrogen and oxygen atoms in total. The Morgan fingerprint density at radius 2 is 2.00 bits per heavy atom. The number of alkyl carbamates (subject to hydrolysis) is 1. The van der Waals surface area contributed by atoms with Gasteiger partial charge in [0.05, 0.1) is 24.4 Å². The van der Waals surface area contributed by atoms with Crippen molar-refractivity contribution in [3.63, 3.8) is 0 Å². The summed E-state index contributed by atoms with van der Waals surface area (Å²) in [6.07, 6.45) is -1.73. The second-order valence-corrected chi connectivity index (χ2v) is 4.10. The number of carbonyl (C=O) groups excluding carboxylic acids is 2. The van der Waals surface area contributed by atoms with Crippen LogP contribution in [-0.2, 0) is 9.47 Å². The quantitative estimate of drug-likeness (QED) is 0.892. The molecule has 0 aliphatic rings. The van der Waals surface area contributed by atoms with E-state index in [9.17, 15) is 9.59 Å². The molecule has 2 N–H and O–H groups in total. The van der Waals surface area contributed by atoms with Crippen molar-refractivity contribution in [1.82, 2.24) is 5.32 Å². The summed E-state index contributed by atoms with van der Waals surface area (Å²) >= 11 is 5.88. The zero-order chi connectivity index (χ0) is 14.3. The summed E-state index contributed by atoms with van der Waals surface area (Å²) in [5.41, 5.74) is 0.460. The van der Waals surface area contributed by atoms with Gasteiger partial charge in [0.15, 0.2) is 0 Å². The first-order valence-corrected chi connectivity index (χ1v) is 5.94. The van der Waals surface area contributed by atoms with E-state index in [0.29, 0.717) is 10.7 Å². The van der Waals surface area contributed by atoms with E-state index >= 15 is 0 Å². The number of ether oxygens (including phenoxy) is 2. The van der Waals surface area contributed by atoms with Crippen LogP contribution < -0.4 is 10.6 Å². The molecular weight excluding hydrogens is 272 g/mol. The van der Waals surface area contributed by atoms with Gasteiger partial charge in [-0.15, -0.1) is 0 Å². The van der Waals surface area contributed by atoms with Crippen molar-refractivity contribution in [2.75, 3.05) is 19.0 Å². The summed E-state index contributed by atoms with van der Waals surface area (Å²) < 4.78 is 9.42. The van der Waals surface area contributed by atoms with Gasteiger partial charge in [-0.1, -0.05) is 23.7 Å². The van der Waals surface area contributed by atoms with Crippen LogP contribution in [0.25, 0.3) is 0 Å². The van der Waals surface area contributed by atoms with Crippen LogP contribution in [-0.4, -0.2) is 31.9 Å². The molecule has 0 spiro atoms. The van der Waals surface area contributed by atoms with Crippen LogP contribution in [0.1, 0.15) is 6.92 Å². The lowest BCUT2D eigenvalue weighted by atomic mass is 10.3. The number of hydrogen-bond donors (Lipinski definition) is 2. The van der Waals surface area contributed by atoms with Crippen molar-refractivity contribution < 1.29 is 19.1 Å². The Morgan fingerprint density at radius 3 is 2.63 bits per heavy atom. The molecule has 0 bridgehead atoms. The van der Waals surface area contributed by atoms with E-state index in [-0.39, 0.29) is 6.54 Å². The summed E-state index contributed by atoms with van der Waals surface area (Å²) in [6, 6.07) is 6.80. The average molecular weight is 287 g/mol.